The Morgan fingerprint density at radius 1 is 1.29 bits per heavy atom. The standard InChI is InChI=1S/C19H22FN3O/c1-14-11-22-18(12-21-14)19(24)23-10-4-5-15(13-23)8-9-16-6-2-3-7-17(16)20/h2-3,6-7,11-12,15H,4-5,8-10,13H2,1H3/t15-/m1/s1. The van der Waals surface area contributed by atoms with Crippen LogP contribution in [0.5, 0.6) is 0 Å². The van der Waals surface area contributed by atoms with Crippen molar-refractivity contribution in [2.45, 2.75) is 32.6 Å². The monoisotopic (exact) mass is 327 g/mol. The maximum Gasteiger partial charge on any atom is 0.274 e. The SMILES string of the molecule is Cc1cnc(C(=O)N2CCC[C@H](CCc3ccccc3F)C2)cn1. The topological polar surface area (TPSA) is 46.1 Å². The molecule has 3 rings (SSSR count). The van der Waals surface area contributed by atoms with Crippen molar-refractivity contribution >= 4 is 5.91 Å². The van der Waals surface area contributed by atoms with Crippen molar-refractivity contribution in [2.24, 2.45) is 5.92 Å². The third-order valence-electron chi connectivity index (χ3n) is 4.59. The van der Waals surface area contributed by atoms with Crippen LogP contribution in [0, 0.1) is 18.7 Å². The lowest BCUT2D eigenvalue weighted by molar-refractivity contribution is 0.0661. The lowest BCUT2D eigenvalue weighted by Crippen LogP contribution is -2.40. The molecule has 4 nitrogen and oxygen atoms in total. The minimum atomic E-state index is -0.142. The first-order valence-electron chi connectivity index (χ1n) is 8.45. The number of hydrogen-bond donors (Lipinski definition) is 0. The quantitative estimate of drug-likeness (QED) is 0.864. The van der Waals surface area contributed by atoms with Crippen molar-refractivity contribution in [3.8, 4) is 0 Å². The normalized spacial score (nSPS) is 17.8. The molecule has 1 aromatic heterocycles. The zero-order valence-electron chi connectivity index (χ0n) is 13.9. The maximum atomic E-state index is 13.7. The van der Waals surface area contributed by atoms with Gasteiger partial charge in [-0.3, -0.25) is 9.78 Å². The molecule has 0 radical (unpaired) electrons. The van der Waals surface area contributed by atoms with Crippen LogP contribution in [0.1, 0.15) is 41.0 Å². The summed E-state index contributed by atoms with van der Waals surface area (Å²) in [6, 6.07) is 6.92. The van der Waals surface area contributed by atoms with Crippen LogP contribution in [0.25, 0.3) is 0 Å². The van der Waals surface area contributed by atoms with Crippen molar-refractivity contribution in [1.29, 1.82) is 0 Å². The van der Waals surface area contributed by atoms with Gasteiger partial charge in [-0.15, -0.1) is 0 Å². The third kappa shape index (κ3) is 3.96. The van der Waals surface area contributed by atoms with Gasteiger partial charge in [-0.05, 0) is 50.2 Å². The Balaban J connectivity index is 1.59. The minimum Gasteiger partial charge on any atom is -0.337 e. The summed E-state index contributed by atoms with van der Waals surface area (Å²) in [6.45, 7) is 3.31. The number of halogens is 1. The van der Waals surface area contributed by atoms with Crippen LogP contribution in [0.15, 0.2) is 36.7 Å². The van der Waals surface area contributed by atoms with Gasteiger partial charge in [-0.25, -0.2) is 9.37 Å². The maximum absolute atomic E-state index is 13.7. The Morgan fingerprint density at radius 3 is 2.88 bits per heavy atom. The van der Waals surface area contributed by atoms with Crippen LogP contribution in [0.4, 0.5) is 4.39 Å². The Morgan fingerprint density at radius 2 is 2.12 bits per heavy atom. The number of rotatable bonds is 4. The van der Waals surface area contributed by atoms with E-state index >= 15 is 0 Å². The van der Waals surface area contributed by atoms with E-state index in [1.807, 2.05) is 24.0 Å². The zero-order valence-corrected chi connectivity index (χ0v) is 13.9. The molecule has 1 aliphatic rings. The van der Waals surface area contributed by atoms with Crippen molar-refractivity contribution in [3.05, 3.63) is 59.4 Å². The molecule has 2 aromatic rings. The van der Waals surface area contributed by atoms with E-state index in [1.165, 1.54) is 6.07 Å². The van der Waals surface area contributed by atoms with E-state index < -0.39 is 0 Å². The fourth-order valence-corrected chi connectivity index (χ4v) is 3.21. The predicted molar refractivity (Wildman–Crippen MR) is 90.1 cm³/mol. The highest BCUT2D eigenvalue weighted by Crippen LogP contribution is 2.23. The van der Waals surface area contributed by atoms with E-state index in [-0.39, 0.29) is 11.7 Å². The predicted octanol–water partition coefficient (Wildman–Crippen LogP) is 3.41. The van der Waals surface area contributed by atoms with Gasteiger partial charge in [0.05, 0.1) is 11.9 Å². The molecule has 0 spiro atoms. The molecule has 1 aromatic carbocycles. The molecule has 1 amide bonds. The first-order chi connectivity index (χ1) is 11.6. The molecular weight excluding hydrogens is 305 g/mol. The highest BCUT2D eigenvalue weighted by atomic mass is 19.1. The summed E-state index contributed by atoms with van der Waals surface area (Å²) in [5.74, 6) is 0.204. The molecule has 0 N–H and O–H groups in total. The Kier molecular flexibility index (Phi) is 5.18. The van der Waals surface area contributed by atoms with Gasteiger partial charge in [0.2, 0.25) is 0 Å². The van der Waals surface area contributed by atoms with Crippen molar-refractivity contribution in [3.63, 3.8) is 0 Å². The summed E-state index contributed by atoms with van der Waals surface area (Å²) < 4.78 is 13.7. The molecule has 0 unspecified atom stereocenters. The van der Waals surface area contributed by atoms with Gasteiger partial charge in [-0.2, -0.15) is 0 Å². The molecule has 1 atom stereocenters. The van der Waals surface area contributed by atoms with Gasteiger partial charge in [-0.1, -0.05) is 18.2 Å². The first kappa shape index (κ1) is 16.6. The van der Waals surface area contributed by atoms with E-state index in [4.69, 9.17) is 0 Å². The third-order valence-corrected chi connectivity index (χ3v) is 4.59. The summed E-state index contributed by atoms with van der Waals surface area (Å²) in [4.78, 5) is 22.7. The van der Waals surface area contributed by atoms with Gasteiger partial charge >= 0.3 is 0 Å². The number of piperidine rings is 1. The number of amides is 1. The molecule has 5 heteroatoms. The van der Waals surface area contributed by atoms with Crippen LogP contribution in [-0.2, 0) is 6.42 Å². The number of nitrogens with zero attached hydrogens (tertiary/aromatic N) is 3. The lowest BCUT2D eigenvalue weighted by Gasteiger charge is -2.32. The molecule has 2 heterocycles. The second kappa shape index (κ2) is 7.51. The Hall–Kier alpha value is -2.30. The van der Waals surface area contributed by atoms with Gasteiger partial charge in [0, 0.05) is 19.3 Å². The fraction of sp³-hybridized carbons (Fsp3) is 0.421. The first-order valence-corrected chi connectivity index (χ1v) is 8.45. The average molecular weight is 327 g/mol. The van der Waals surface area contributed by atoms with Gasteiger partial charge in [0.25, 0.3) is 5.91 Å². The second-order valence-electron chi connectivity index (χ2n) is 6.43. The molecule has 0 saturated carbocycles. The van der Waals surface area contributed by atoms with Crippen molar-refractivity contribution < 1.29 is 9.18 Å². The largest absolute Gasteiger partial charge is 0.337 e. The molecule has 0 aliphatic carbocycles. The minimum absolute atomic E-state index is 0.0573. The summed E-state index contributed by atoms with van der Waals surface area (Å²) >= 11 is 0. The summed E-state index contributed by atoms with van der Waals surface area (Å²) in [7, 11) is 0. The fourth-order valence-electron chi connectivity index (χ4n) is 3.21. The number of carbonyl (C=O) groups excluding carboxylic acids is 1. The highest BCUT2D eigenvalue weighted by molar-refractivity contribution is 5.92. The van der Waals surface area contributed by atoms with Gasteiger partial charge in [0.15, 0.2) is 0 Å². The molecular formula is C19H22FN3O. The van der Waals surface area contributed by atoms with Gasteiger partial charge in [0.1, 0.15) is 11.5 Å². The number of aryl methyl sites for hydroxylation is 2. The molecule has 1 saturated heterocycles. The van der Waals surface area contributed by atoms with E-state index in [9.17, 15) is 9.18 Å². The Labute approximate surface area is 141 Å². The van der Waals surface area contributed by atoms with Gasteiger partial charge < -0.3 is 4.90 Å². The number of aromatic nitrogens is 2. The van der Waals surface area contributed by atoms with Crippen LogP contribution in [0.2, 0.25) is 0 Å². The highest BCUT2D eigenvalue weighted by Gasteiger charge is 2.25. The van der Waals surface area contributed by atoms with E-state index in [2.05, 4.69) is 9.97 Å². The lowest BCUT2D eigenvalue weighted by atomic mass is 9.91. The molecule has 1 fully saturated rings. The zero-order chi connectivity index (χ0) is 16.9. The number of carbonyl (C=O) groups is 1. The number of benzene rings is 1. The summed E-state index contributed by atoms with van der Waals surface area (Å²) in [5.41, 5.74) is 1.95. The number of likely N-dealkylation sites (tertiary alicyclic amines) is 1. The van der Waals surface area contributed by atoms with Crippen LogP contribution >= 0.6 is 0 Å². The van der Waals surface area contributed by atoms with E-state index in [1.54, 1.807) is 18.5 Å². The van der Waals surface area contributed by atoms with Crippen LogP contribution in [0.3, 0.4) is 0 Å². The van der Waals surface area contributed by atoms with Crippen LogP contribution in [-0.4, -0.2) is 33.9 Å². The molecule has 0 bridgehead atoms. The summed E-state index contributed by atoms with van der Waals surface area (Å²) in [6.07, 6.45) is 6.83. The molecule has 126 valence electrons. The number of hydrogen-bond acceptors (Lipinski definition) is 3. The molecule has 1 aliphatic heterocycles. The van der Waals surface area contributed by atoms with Crippen LogP contribution < -0.4 is 0 Å². The average Bonchev–Trinajstić information content (AvgIpc) is 2.61. The van der Waals surface area contributed by atoms with Crippen molar-refractivity contribution in [1.82, 2.24) is 14.9 Å². The Bertz CT molecular complexity index is 702. The second-order valence-corrected chi connectivity index (χ2v) is 6.43. The molecule has 24 heavy (non-hydrogen) atoms. The van der Waals surface area contributed by atoms with E-state index in [0.29, 0.717) is 24.6 Å². The smallest absolute Gasteiger partial charge is 0.274 e. The van der Waals surface area contributed by atoms with Crippen molar-refractivity contribution in [2.75, 3.05) is 13.1 Å². The van der Waals surface area contributed by atoms with E-state index in [0.717, 1.165) is 37.1 Å². The summed E-state index contributed by atoms with van der Waals surface area (Å²) in [5, 5.41) is 0.